The lowest BCUT2D eigenvalue weighted by atomic mass is 9.75. The summed E-state index contributed by atoms with van der Waals surface area (Å²) in [7, 11) is 0. The zero-order valence-electron chi connectivity index (χ0n) is 7.49. The van der Waals surface area contributed by atoms with Crippen molar-refractivity contribution in [1.29, 1.82) is 0 Å². The van der Waals surface area contributed by atoms with E-state index in [4.69, 9.17) is 10.8 Å². The minimum atomic E-state index is -0.739. The summed E-state index contributed by atoms with van der Waals surface area (Å²) < 4.78 is 0. The Kier molecular flexibility index (Phi) is 3.09. The van der Waals surface area contributed by atoms with Crippen LogP contribution in [0.4, 0.5) is 0 Å². The number of carbonyl (C=O) groups is 1. The van der Waals surface area contributed by atoms with E-state index in [0.29, 0.717) is 12.3 Å². The third-order valence-corrected chi connectivity index (χ3v) is 2.92. The lowest BCUT2D eigenvalue weighted by Crippen LogP contribution is -2.43. The molecular weight excluding hydrogens is 154 g/mol. The van der Waals surface area contributed by atoms with Crippen LogP contribution in [0, 0.1) is 11.8 Å². The molecule has 0 radical (unpaired) electrons. The first kappa shape index (κ1) is 9.52. The van der Waals surface area contributed by atoms with Crippen molar-refractivity contribution in [1.82, 2.24) is 0 Å². The molecular formula is C9H17NO2. The second-order valence-electron chi connectivity index (χ2n) is 3.62. The van der Waals surface area contributed by atoms with Crippen molar-refractivity contribution in [2.75, 3.05) is 0 Å². The third-order valence-electron chi connectivity index (χ3n) is 2.92. The smallest absolute Gasteiger partial charge is 0.308 e. The van der Waals surface area contributed by atoms with Crippen molar-refractivity contribution in [2.45, 2.75) is 38.6 Å². The highest BCUT2D eigenvalue weighted by atomic mass is 16.4. The molecule has 1 rings (SSSR count). The predicted molar refractivity (Wildman–Crippen MR) is 46.7 cm³/mol. The molecule has 0 bridgehead atoms. The molecule has 3 N–H and O–H groups in total. The molecule has 0 aromatic heterocycles. The second kappa shape index (κ2) is 3.90. The van der Waals surface area contributed by atoms with Crippen LogP contribution in [0.15, 0.2) is 0 Å². The normalized spacial score (nSPS) is 22.8. The number of hydrogen-bond acceptors (Lipinski definition) is 2. The highest BCUT2D eigenvalue weighted by molar-refractivity contribution is 5.70. The standard InChI is InChI=1S/C9H17NO2/c1-2-7(9(11)12)8(10)6-4-3-5-6/h6-8H,2-5,10H2,1H3,(H,11,12). The molecule has 1 aliphatic rings. The fraction of sp³-hybridized carbons (Fsp3) is 0.889. The topological polar surface area (TPSA) is 63.3 Å². The van der Waals surface area contributed by atoms with E-state index < -0.39 is 5.97 Å². The number of hydrogen-bond donors (Lipinski definition) is 2. The summed E-state index contributed by atoms with van der Waals surface area (Å²) in [5, 5.41) is 8.83. The quantitative estimate of drug-likeness (QED) is 0.668. The van der Waals surface area contributed by atoms with Crippen LogP contribution in [0.5, 0.6) is 0 Å². The molecule has 12 heavy (non-hydrogen) atoms. The maximum atomic E-state index is 10.7. The molecule has 0 saturated heterocycles. The van der Waals surface area contributed by atoms with E-state index in [2.05, 4.69) is 0 Å². The molecule has 1 aliphatic carbocycles. The van der Waals surface area contributed by atoms with Crippen molar-refractivity contribution in [3.05, 3.63) is 0 Å². The van der Waals surface area contributed by atoms with Crippen LogP contribution in [0.3, 0.4) is 0 Å². The van der Waals surface area contributed by atoms with Crippen LogP contribution < -0.4 is 5.73 Å². The summed E-state index contributed by atoms with van der Waals surface area (Å²) >= 11 is 0. The van der Waals surface area contributed by atoms with Crippen LogP contribution in [-0.4, -0.2) is 17.1 Å². The van der Waals surface area contributed by atoms with Gasteiger partial charge in [0, 0.05) is 6.04 Å². The first-order valence-electron chi connectivity index (χ1n) is 4.65. The lowest BCUT2D eigenvalue weighted by Gasteiger charge is -2.34. The molecule has 0 heterocycles. The summed E-state index contributed by atoms with van der Waals surface area (Å²) in [6.45, 7) is 1.89. The van der Waals surface area contributed by atoms with E-state index >= 15 is 0 Å². The summed E-state index contributed by atoms with van der Waals surface area (Å²) in [5.41, 5.74) is 5.85. The van der Waals surface area contributed by atoms with Gasteiger partial charge in [-0.1, -0.05) is 13.3 Å². The van der Waals surface area contributed by atoms with E-state index in [1.807, 2.05) is 6.92 Å². The van der Waals surface area contributed by atoms with Gasteiger partial charge in [0.2, 0.25) is 0 Å². The number of carboxylic acid groups (broad SMARTS) is 1. The fourth-order valence-corrected chi connectivity index (χ4v) is 1.76. The average Bonchev–Trinajstić information content (AvgIpc) is 1.83. The number of aliphatic carboxylic acids is 1. The van der Waals surface area contributed by atoms with Crippen molar-refractivity contribution in [3.63, 3.8) is 0 Å². The Hall–Kier alpha value is -0.570. The molecule has 1 saturated carbocycles. The minimum Gasteiger partial charge on any atom is -0.481 e. The first-order chi connectivity index (χ1) is 5.66. The number of nitrogens with two attached hydrogens (primary N) is 1. The molecule has 1 fully saturated rings. The maximum absolute atomic E-state index is 10.7. The van der Waals surface area contributed by atoms with Gasteiger partial charge in [-0.2, -0.15) is 0 Å². The average molecular weight is 171 g/mol. The third kappa shape index (κ3) is 1.78. The van der Waals surface area contributed by atoms with Gasteiger partial charge in [-0.3, -0.25) is 4.79 Å². The van der Waals surface area contributed by atoms with Gasteiger partial charge in [-0.05, 0) is 25.2 Å². The summed E-state index contributed by atoms with van der Waals surface area (Å²) in [5.74, 6) is -0.613. The molecule has 0 spiro atoms. The molecule has 0 aromatic carbocycles. The highest BCUT2D eigenvalue weighted by Gasteiger charge is 2.33. The van der Waals surface area contributed by atoms with Gasteiger partial charge < -0.3 is 10.8 Å². The zero-order valence-corrected chi connectivity index (χ0v) is 7.49. The first-order valence-corrected chi connectivity index (χ1v) is 4.65. The van der Waals surface area contributed by atoms with E-state index in [9.17, 15) is 4.79 Å². The Morgan fingerprint density at radius 3 is 2.50 bits per heavy atom. The molecule has 2 unspecified atom stereocenters. The van der Waals surface area contributed by atoms with E-state index in [1.54, 1.807) is 0 Å². The fourth-order valence-electron chi connectivity index (χ4n) is 1.76. The van der Waals surface area contributed by atoms with E-state index in [-0.39, 0.29) is 12.0 Å². The van der Waals surface area contributed by atoms with E-state index in [0.717, 1.165) is 12.8 Å². The van der Waals surface area contributed by atoms with Crippen LogP contribution in [-0.2, 0) is 4.79 Å². The van der Waals surface area contributed by atoms with Crippen LogP contribution >= 0.6 is 0 Å². The highest BCUT2D eigenvalue weighted by Crippen LogP contribution is 2.32. The lowest BCUT2D eigenvalue weighted by molar-refractivity contribution is -0.143. The SMILES string of the molecule is CCC(C(=O)O)C(N)C1CCC1. The van der Waals surface area contributed by atoms with Gasteiger partial charge in [-0.25, -0.2) is 0 Å². The molecule has 70 valence electrons. The van der Waals surface area contributed by atoms with Crippen LogP contribution in [0.25, 0.3) is 0 Å². The van der Waals surface area contributed by atoms with Gasteiger partial charge in [0.1, 0.15) is 0 Å². The van der Waals surface area contributed by atoms with Crippen LogP contribution in [0.1, 0.15) is 32.6 Å². The Bertz CT molecular complexity index is 166. The van der Waals surface area contributed by atoms with Crippen molar-refractivity contribution >= 4 is 5.97 Å². The van der Waals surface area contributed by atoms with Gasteiger partial charge in [-0.15, -0.1) is 0 Å². The molecule has 3 nitrogen and oxygen atoms in total. The van der Waals surface area contributed by atoms with Gasteiger partial charge in [0.25, 0.3) is 0 Å². The molecule has 0 aliphatic heterocycles. The van der Waals surface area contributed by atoms with E-state index in [1.165, 1.54) is 6.42 Å². The summed E-state index contributed by atoms with van der Waals surface area (Å²) in [6, 6.07) is -0.124. The van der Waals surface area contributed by atoms with Crippen molar-refractivity contribution in [3.8, 4) is 0 Å². The largest absolute Gasteiger partial charge is 0.481 e. The molecule has 3 heteroatoms. The number of carboxylic acids is 1. The van der Waals surface area contributed by atoms with Crippen molar-refractivity contribution < 1.29 is 9.90 Å². The Balaban J connectivity index is 2.46. The summed E-state index contributed by atoms with van der Waals surface area (Å²) in [6.07, 6.45) is 4.09. The maximum Gasteiger partial charge on any atom is 0.308 e. The van der Waals surface area contributed by atoms with Gasteiger partial charge in [0.15, 0.2) is 0 Å². The molecule has 2 atom stereocenters. The Morgan fingerprint density at radius 1 is 1.67 bits per heavy atom. The van der Waals surface area contributed by atoms with Gasteiger partial charge in [0.05, 0.1) is 5.92 Å². The van der Waals surface area contributed by atoms with Gasteiger partial charge >= 0.3 is 5.97 Å². The predicted octanol–water partition coefficient (Wildman–Crippen LogP) is 1.22. The minimum absolute atomic E-state index is 0.124. The Labute approximate surface area is 72.9 Å². The number of rotatable bonds is 4. The second-order valence-corrected chi connectivity index (χ2v) is 3.62. The Morgan fingerprint density at radius 2 is 2.25 bits per heavy atom. The zero-order chi connectivity index (χ0) is 9.14. The molecule has 0 aromatic rings. The van der Waals surface area contributed by atoms with Crippen molar-refractivity contribution in [2.24, 2.45) is 17.6 Å². The molecule has 0 amide bonds. The monoisotopic (exact) mass is 171 g/mol. The summed E-state index contributed by atoms with van der Waals surface area (Å²) in [4.78, 5) is 10.7. The van der Waals surface area contributed by atoms with Crippen LogP contribution in [0.2, 0.25) is 0 Å².